The Bertz CT molecular complexity index is 556. The number of rotatable bonds is 5. The van der Waals surface area contributed by atoms with Crippen molar-refractivity contribution in [2.45, 2.75) is 31.7 Å². The monoisotopic (exact) mass is 341 g/mol. The van der Waals surface area contributed by atoms with Gasteiger partial charge in [-0.3, -0.25) is 0 Å². The zero-order valence-corrected chi connectivity index (χ0v) is 12.6. The van der Waals surface area contributed by atoms with Crippen LogP contribution in [0.4, 0.5) is 10.1 Å². The van der Waals surface area contributed by atoms with Crippen LogP contribution in [0.1, 0.15) is 31.2 Å². The number of amidine groups is 1. The molecule has 3 rings (SSSR count). The van der Waals surface area contributed by atoms with E-state index in [1.807, 2.05) is 0 Å². The summed E-state index contributed by atoms with van der Waals surface area (Å²) >= 11 is 3.22. The van der Waals surface area contributed by atoms with Gasteiger partial charge in [0, 0.05) is 18.2 Å². The highest BCUT2D eigenvalue weighted by Crippen LogP contribution is 2.40. The number of halogens is 2. The fourth-order valence-electron chi connectivity index (χ4n) is 2.42. The van der Waals surface area contributed by atoms with Gasteiger partial charge >= 0.3 is 0 Å². The van der Waals surface area contributed by atoms with Gasteiger partial charge in [0.15, 0.2) is 11.7 Å². The van der Waals surface area contributed by atoms with Crippen LogP contribution in [0.25, 0.3) is 0 Å². The number of nitrogens with zero attached hydrogens (tertiary/aromatic N) is 2. The molecule has 1 aromatic carbocycles. The topological polar surface area (TPSA) is 61.9 Å². The van der Waals surface area contributed by atoms with E-state index in [0.717, 1.165) is 19.4 Å². The summed E-state index contributed by atoms with van der Waals surface area (Å²) in [5, 5.41) is 11.6. The number of nitrogens with two attached hydrogens (primary N) is 1. The quantitative estimate of drug-likeness (QED) is 0.374. The fourth-order valence-corrected chi connectivity index (χ4v) is 2.96. The van der Waals surface area contributed by atoms with E-state index in [-0.39, 0.29) is 16.1 Å². The first-order valence-electron chi connectivity index (χ1n) is 6.84. The van der Waals surface area contributed by atoms with Gasteiger partial charge in [-0.25, -0.2) is 4.39 Å². The fraction of sp³-hybridized carbons (Fsp3) is 0.500. The van der Waals surface area contributed by atoms with E-state index in [2.05, 4.69) is 26.0 Å². The highest BCUT2D eigenvalue weighted by atomic mass is 79.9. The van der Waals surface area contributed by atoms with E-state index in [1.165, 1.54) is 12.8 Å². The Labute approximate surface area is 125 Å². The summed E-state index contributed by atoms with van der Waals surface area (Å²) in [6, 6.07) is 3.89. The normalized spacial score (nSPS) is 19.2. The third-order valence-corrected chi connectivity index (χ3v) is 4.67. The molecule has 2 fully saturated rings. The number of hydrogen-bond donors (Lipinski definition) is 2. The molecule has 0 saturated heterocycles. The summed E-state index contributed by atoms with van der Waals surface area (Å²) < 4.78 is 14.8. The highest BCUT2D eigenvalue weighted by molar-refractivity contribution is 9.10. The lowest BCUT2D eigenvalue weighted by Gasteiger charge is -2.26. The Morgan fingerprint density at radius 1 is 1.40 bits per heavy atom. The third kappa shape index (κ3) is 2.61. The molecule has 2 aliphatic carbocycles. The van der Waals surface area contributed by atoms with E-state index in [1.54, 1.807) is 12.1 Å². The average molecular weight is 342 g/mol. The summed E-state index contributed by atoms with van der Waals surface area (Å²) in [6.45, 7) is 0.928. The van der Waals surface area contributed by atoms with Gasteiger partial charge in [0.25, 0.3) is 0 Å². The van der Waals surface area contributed by atoms with Crippen LogP contribution in [0.15, 0.2) is 21.8 Å². The Kier molecular flexibility index (Phi) is 3.58. The van der Waals surface area contributed by atoms with Crippen molar-refractivity contribution in [1.82, 2.24) is 0 Å². The van der Waals surface area contributed by atoms with Crippen LogP contribution in [0.2, 0.25) is 0 Å². The van der Waals surface area contributed by atoms with Crippen LogP contribution in [0, 0.1) is 11.7 Å². The van der Waals surface area contributed by atoms with Gasteiger partial charge in [-0.05, 0) is 59.7 Å². The first kappa shape index (κ1) is 13.7. The first-order valence-corrected chi connectivity index (χ1v) is 7.63. The van der Waals surface area contributed by atoms with Crippen molar-refractivity contribution in [1.29, 1.82) is 0 Å². The van der Waals surface area contributed by atoms with Gasteiger partial charge < -0.3 is 15.8 Å². The molecule has 0 heterocycles. The summed E-state index contributed by atoms with van der Waals surface area (Å²) in [7, 11) is 0. The van der Waals surface area contributed by atoms with Crippen molar-refractivity contribution in [2.24, 2.45) is 16.8 Å². The second kappa shape index (κ2) is 5.24. The number of hydrogen-bond acceptors (Lipinski definition) is 3. The van der Waals surface area contributed by atoms with E-state index < -0.39 is 0 Å². The molecule has 0 aliphatic heterocycles. The lowest BCUT2D eigenvalue weighted by atomic mass is 10.1. The van der Waals surface area contributed by atoms with Crippen molar-refractivity contribution in [2.75, 3.05) is 11.4 Å². The summed E-state index contributed by atoms with van der Waals surface area (Å²) in [4.78, 5) is 2.17. The molecule has 0 unspecified atom stereocenters. The van der Waals surface area contributed by atoms with Crippen LogP contribution in [-0.2, 0) is 0 Å². The van der Waals surface area contributed by atoms with Gasteiger partial charge in [-0.1, -0.05) is 5.16 Å². The highest BCUT2D eigenvalue weighted by Gasteiger charge is 2.35. The van der Waals surface area contributed by atoms with E-state index in [4.69, 9.17) is 10.9 Å². The molecule has 2 saturated carbocycles. The molecule has 1 aromatic rings. The van der Waals surface area contributed by atoms with Crippen LogP contribution >= 0.6 is 15.9 Å². The molecule has 0 atom stereocenters. The molecule has 3 N–H and O–H groups in total. The molecule has 4 nitrogen and oxygen atoms in total. The minimum absolute atomic E-state index is 0.0949. The van der Waals surface area contributed by atoms with Crippen LogP contribution in [0.5, 0.6) is 0 Å². The lowest BCUT2D eigenvalue weighted by molar-refractivity contribution is 0.318. The SMILES string of the molecule is N/C(=N/O)c1ccc(N(CC2CC2)C2CC2)c(F)c1Br. The van der Waals surface area contributed by atoms with Gasteiger partial charge in [-0.15, -0.1) is 0 Å². The number of benzene rings is 1. The minimum Gasteiger partial charge on any atom is -0.409 e. The Hall–Kier alpha value is -1.30. The maximum absolute atomic E-state index is 14.6. The molecule has 2 aliphatic rings. The van der Waals surface area contributed by atoms with Gasteiger partial charge in [0.1, 0.15) is 0 Å². The molecular weight excluding hydrogens is 325 g/mol. The van der Waals surface area contributed by atoms with Crippen molar-refractivity contribution in [3.05, 3.63) is 28.0 Å². The average Bonchev–Trinajstić information content (AvgIpc) is 3.31. The molecule has 0 radical (unpaired) electrons. The predicted octanol–water partition coefficient (Wildman–Crippen LogP) is 3.06. The van der Waals surface area contributed by atoms with Crippen molar-refractivity contribution in [3.63, 3.8) is 0 Å². The maximum Gasteiger partial charge on any atom is 0.171 e. The van der Waals surface area contributed by atoms with Crippen molar-refractivity contribution in [3.8, 4) is 0 Å². The second-order valence-corrected chi connectivity index (χ2v) is 6.37. The molecule has 0 spiro atoms. The van der Waals surface area contributed by atoms with Crippen LogP contribution in [0.3, 0.4) is 0 Å². The van der Waals surface area contributed by atoms with Gasteiger partial charge in [0.05, 0.1) is 10.2 Å². The molecular formula is C14H17BrFN3O. The Morgan fingerprint density at radius 2 is 2.10 bits per heavy atom. The molecule has 6 heteroatoms. The van der Waals surface area contributed by atoms with Gasteiger partial charge in [-0.2, -0.15) is 0 Å². The molecule has 0 bridgehead atoms. The summed E-state index contributed by atoms with van der Waals surface area (Å²) in [5.41, 5.74) is 6.53. The van der Waals surface area contributed by atoms with E-state index in [0.29, 0.717) is 23.2 Å². The van der Waals surface area contributed by atoms with Crippen LogP contribution < -0.4 is 10.6 Å². The van der Waals surface area contributed by atoms with Gasteiger partial charge in [0.2, 0.25) is 0 Å². The maximum atomic E-state index is 14.6. The van der Waals surface area contributed by atoms with E-state index in [9.17, 15) is 4.39 Å². The number of oxime groups is 1. The standard InChI is InChI=1S/C14H17BrFN3O/c15-12-10(14(17)18-20)5-6-11(13(12)16)19(9-3-4-9)7-8-1-2-8/h5-6,8-9,20H,1-4,7H2,(H2,17,18). The smallest absolute Gasteiger partial charge is 0.171 e. The molecule has 0 amide bonds. The largest absolute Gasteiger partial charge is 0.409 e. The minimum atomic E-state index is -0.332. The third-order valence-electron chi connectivity index (χ3n) is 3.89. The molecule has 20 heavy (non-hydrogen) atoms. The second-order valence-electron chi connectivity index (χ2n) is 5.57. The first-order chi connectivity index (χ1) is 9.61. The Balaban J connectivity index is 1.93. The zero-order valence-electron chi connectivity index (χ0n) is 11.0. The van der Waals surface area contributed by atoms with E-state index >= 15 is 0 Å². The van der Waals surface area contributed by atoms with Crippen LogP contribution in [-0.4, -0.2) is 23.6 Å². The molecule has 0 aromatic heterocycles. The lowest BCUT2D eigenvalue weighted by Crippen LogP contribution is -2.29. The Morgan fingerprint density at radius 3 is 2.65 bits per heavy atom. The predicted molar refractivity (Wildman–Crippen MR) is 79.7 cm³/mol. The summed E-state index contributed by atoms with van der Waals surface area (Å²) in [5.74, 6) is 0.279. The summed E-state index contributed by atoms with van der Waals surface area (Å²) in [6.07, 6.45) is 4.75. The van der Waals surface area contributed by atoms with Crippen molar-refractivity contribution < 1.29 is 9.60 Å². The zero-order chi connectivity index (χ0) is 14.3. The number of anilines is 1. The van der Waals surface area contributed by atoms with Crippen molar-refractivity contribution >= 4 is 27.5 Å². The molecule has 108 valence electrons.